The van der Waals surface area contributed by atoms with Crippen molar-refractivity contribution in [2.45, 2.75) is 26.9 Å². The van der Waals surface area contributed by atoms with Gasteiger partial charge in [-0.15, -0.1) is 4.68 Å². The van der Waals surface area contributed by atoms with Gasteiger partial charge in [-0.2, -0.15) is 5.10 Å². The fourth-order valence-electron chi connectivity index (χ4n) is 2.66. The average Bonchev–Trinajstić information content (AvgIpc) is 2.64. The summed E-state index contributed by atoms with van der Waals surface area (Å²) in [4.78, 5) is 27.5. The summed E-state index contributed by atoms with van der Waals surface area (Å²) < 4.78 is 13.2. The standard InChI is InChI=1S/C20H20IN3O4/c1-4-27-17-10-13(9-15(21)18(17)28-12(2)3)11-22-24-19(25)14-7-5-6-8-16(14)23-20(24)26/h5-12H,4H2,1-3H3,(H,23,26). The van der Waals surface area contributed by atoms with Gasteiger partial charge < -0.3 is 14.5 Å². The van der Waals surface area contributed by atoms with Crippen LogP contribution in [0, 0.1) is 3.57 Å². The van der Waals surface area contributed by atoms with Crippen LogP contribution in [0.15, 0.2) is 51.1 Å². The van der Waals surface area contributed by atoms with Crippen molar-refractivity contribution in [1.82, 2.24) is 9.66 Å². The fourth-order valence-corrected chi connectivity index (χ4v) is 3.41. The number of nitrogens with one attached hydrogen (secondary N) is 1. The number of H-pyrrole nitrogens is 1. The molecule has 7 nitrogen and oxygen atoms in total. The van der Waals surface area contributed by atoms with Crippen molar-refractivity contribution in [3.05, 3.63) is 66.4 Å². The molecule has 0 bridgehead atoms. The highest BCUT2D eigenvalue weighted by Gasteiger charge is 2.13. The summed E-state index contributed by atoms with van der Waals surface area (Å²) in [7, 11) is 0. The highest BCUT2D eigenvalue weighted by Crippen LogP contribution is 2.34. The minimum atomic E-state index is -0.598. The van der Waals surface area contributed by atoms with Crippen LogP contribution in [-0.2, 0) is 0 Å². The number of hydrogen-bond acceptors (Lipinski definition) is 5. The number of aromatic nitrogens is 2. The van der Waals surface area contributed by atoms with E-state index in [9.17, 15) is 9.59 Å². The van der Waals surface area contributed by atoms with E-state index >= 15 is 0 Å². The Balaban J connectivity index is 2.04. The molecule has 3 rings (SSSR count). The molecule has 28 heavy (non-hydrogen) atoms. The van der Waals surface area contributed by atoms with Crippen molar-refractivity contribution in [3.63, 3.8) is 0 Å². The van der Waals surface area contributed by atoms with Gasteiger partial charge in [-0.05, 0) is 73.2 Å². The zero-order valence-corrected chi connectivity index (χ0v) is 17.9. The largest absolute Gasteiger partial charge is 0.490 e. The van der Waals surface area contributed by atoms with Crippen LogP contribution in [0.25, 0.3) is 10.9 Å². The van der Waals surface area contributed by atoms with Gasteiger partial charge >= 0.3 is 5.69 Å². The lowest BCUT2D eigenvalue weighted by Gasteiger charge is -2.16. The topological polar surface area (TPSA) is 85.7 Å². The number of fused-ring (bicyclic) bond motifs is 1. The van der Waals surface area contributed by atoms with Crippen LogP contribution in [0.5, 0.6) is 11.5 Å². The van der Waals surface area contributed by atoms with Crippen LogP contribution in [-0.4, -0.2) is 28.6 Å². The molecule has 0 aliphatic rings. The number of benzene rings is 2. The lowest BCUT2D eigenvalue weighted by Crippen LogP contribution is -2.32. The van der Waals surface area contributed by atoms with Crippen LogP contribution >= 0.6 is 22.6 Å². The van der Waals surface area contributed by atoms with E-state index in [0.29, 0.717) is 34.6 Å². The van der Waals surface area contributed by atoms with E-state index < -0.39 is 11.2 Å². The predicted molar refractivity (Wildman–Crippen MR) is 118 cm³/mol. The van der Waals surface area contributed by atoms with Crippen LogP contribution in [0.2, 0.25) is 0 Å². The molecule has 1 N–H and O–H groups in total. The molecule has 0 aliphatic carbocycles. The summed E-state index contributed by atoms with van der Waals surface area (Å²) in [6, 6.07) is 10.4. The molecule has 0 unspecified atom stereocenters. The highest BCUT2D eigenvalue weighted by atomic mass is 127. The first kappa shape index (κ1) is 20.1. The molecule has 3 aromatic rings. The smallest absolute Gasteiger partial charge is 0.349 e. The van der Waals surface area contributed by atoms with E-state index in [4.69, 9.17) is 9.47 Å². The molecule has 0 aliphatic heterocycles. The van der Waals surface area contributed by atoms with E-state index in [1.807, 2.05) is 26.8 Å². The van der Waals surface area contributed by atoms with E-state index in [2.05, 4.69) is 32.7 Å². The van der Waals surface area contributed by atoms with Crippen molar-refractivity contribution in [1.29, 1.82) is 0 Å². The Kier molecular flexibility index (Phi) is 6.18. The SMILES string of the molecule is CCOc1cc(C=Nn2c(=O)[nH]c3ccccc3c2=O)cc(I)c1OC(C)C. The maximum atomic E-state index is 12.6. The summed E-state index contributed by atoms with van der Waals surface area (Å²) in [5.74, 6) is 1.25. The van der Waals surface area contributed by atoms with E-state index in [1.165, 1.54) is 6.21 Å². The number of para-hydroxylation sites is 1. The quantitative estimate of drug-likeness (QED) is 0.422. The third kappa shape index (κ3) is 4.27. The first-order valence-electron chi connectivity index (χ1n) is 8.82. The Labute approximate surface area is 175 Å². The van der Waals surface area contributed by atoms with Crippen molar-refractivity contribution >= 4 is 39.7 Å². The van der Waals surface area contributed by atoms with E-state index in [1.54, 1.807) is 30.3 Å². The van der Waals surface area contributed by atoms with E-state index in [0.717, 1.165) is 8.25 Å². The van der Waals surface area contributed by atoms with Gasteiger partial charge in [-0.25, -0.2) is 4.79 Å². The molecule has 2 aromatic carbocycles. The molecule has 0 spiro atoms. The van der Waals surface area contributed by atoms with Gasteiger partial charge in [0, 0.05) is 0 Å². The zero-order valence-electron chi connectivity index (χ0n) is 15.7. The van der Waals surface area contributed by atoms with Gasteiger partial charge in [0.2, 0.25) is 0 Å². The predicted octanol–water partition coefficient (Wildman–Crippen LogP) is 3.36. The summed E-state index contributed by atoms with van der Waals surface area (Å²) >= 11 is 2.16. The molecule has 0 fully saturated rings. The first-order chi connectivity index (χ1) is 13.4. The molecular formula is C20H20IN3O4. The number of aromatic amines is 1. The van der Waals surface area contributed by atoms with Gasteiger partial charge in [0.05, 0.1) is 33.4 Å². The Morgan fingerprint density at radius 3 is 2.71 bits per heavy atom. The summed E-state index contributed by atoms with van der Waals surface area (Å²) in [5, 5.41) is 4.49. The number of nitrogens with zero attached hydrogens (tertiary/aromatic N) is 2. The van der Waals surface area contributed by atoms with Gasteiger partial charge in [0.25, 0.3) is 5.56 Å². The second-order valence-electron chi connectivity index (χ2n) is 6.27. The number of hydrogen-bond donors (Lipinski definition) is 1. The Bertz CT molecular complexity index is 1150. The monoisotopic (exact) mass is 493 g/mol. The molecule has 0 atom stereocenters. The average molecular weight is 493 g/mol. The number of ether oxygens (including phenoxy) is 2. The van der Waals surface area contributed by atoms with Crippen LogP contribution in [0.3, 0.4) is 0 Å². The van der Waals surface area contributed by atoms with Gasteiger partial charge in [-0.3, -0.25) is 4.79 Å². The second-order valence-corrected chi connectivity index (χ2v) is 7.43. The second kappa shape index (κ2) is 8.59. The van der Waals surface area contributed by atoms with E-state index in [-0.39, 0.29) is 6.10 Å². The fraction of sp³-hybridized carbons (Fsp3) is 0.250. The number of halogens is 1. The van der Waals surface area contributed by atoms with Crippen molar-refractivity contribution in [3.8, 4) is 11.5 Å². The molecule has 0 radical (unpaired) electrons. The summed E-state index contributed by atoms with van der Waals surface area (Å²) in [6.45, 7) is 6.26. The molecule has 0 saturated carbocycles. The van der Waals surface area contributed by atoms with Crippen LogP contribution in [0.1, 0.15) is 26.3 Å². The highest BCUT2D eigenvalue weighted by molar-refractivity contribution is 14.1. The maximum absolute atomic E-state index is 12.6. The minimum absolute atomic E-state index is 0.00183. The molecule has 1 aromatic heterocycles. The molecule has 146 valence electrons. The van der Waals surface area contributed by atoms with Crippen molar-refractivity contribution in [2.24, 2.45) is 5.10 Å². The summed E-state index contributed by atoms with van der Waals surface area (Å²) in [6.07, 6.45) is 1.46. The third-order valence-electron chi connectivity index (χ3n) is 3.79. The molecular weight excluding hydrogens is 473 g/mol. The molecule has 0 amide bonds. The van der Waals surface area contributed by atoms with Gasteiger partial charge in [-0.1, -0.05) is 12.1 Å². The zero-order chi connectivity index (χ0) is 20.3. The molecule has 8 heteroatoms. The lowest BCUT2D eigenvalue weighted by molar-refractivity contribution is 0.222. The normalized spacial score (nSPS) is 11.5. The van der Waals surface area contributed by atoms with Crippen LogP contribution < -0.4 is 20.7 Å². The Morgan fingerprint density at radius 1 is 1.25 bits per heavy atom. The molecule has 0 saturated heterocycles. The Hall–Kier alpha value is -2.62. The third-order valence-corrected chi connectivity index (χ3v) is 4.59. The maximum Gasteiger partial charge on any atom is 0.349 e. The van der Waals surface area contributed by atoms with Crippen molar-refractivity contribution < 1.29 is 9.47 Å². The first-order valence-corrected chi connectivity index (χ1v) is 9.90. The lowest BCUT2D eigenvalue weighted by atomic mass is 10.2. The summed E-state index contributed by atoms with van der Waals surface area (Å²) in [5.41, 5.74) is 0.0882. The molecule has 1 heterocycles. The number of rotatable bonds is 6. The van der Waals surface area contributed by atoms with Gasteiger partial charge in [0.1, 0.15) is 0 Å². The van der Waals surface area contributed by atoms with Crippen LogP contribution in [0.4, 0.5) is 0 Å². The van der Waals surface area contributed by atoms with Crippen molar-refractivity contribution in [2.75, 3.05) is 6.61 Å². The Morgan fingerprint density at radius 2 is 2.00 bits per heavy atom. The van der Waals surface area contributed by atoms with Gasteiger partial charge in [0.15, 0.2) is 11.5 Å². The minimum Gasteiger partial charge on any atom is -0.490 e.